The minimum Gasteiger partial charge on any atom is -0.495 e. The van der Waals surface area contributed by atoms with Gasteiger partial charge in [-0.1, -0.05) is 26.7 Å². The summed E-state index contributed by atoms with van der Waals surface area (Å²) in [6.45, 7) is 4.66. The van der Waals surface area contributed by atoms with E-state index in [1.54, 1.807) is 13.3 Å². The molecule has 0 bridgehead atoms. The highest BCUT2D eigenvalue weighted by molar-refractivity contribution is 5.30. The van der Waals surface area contributed by atoms with Gasteiger partial charge in [-0.25, -0.2) is 0 Å². The molecule has 4 heteroatoms. The second-order valence-corrected chi connectivity index (χ2v) is 6.08. The number of rotatable bonds is 4. The van der Waals surface area contributed by atoms with Crippen molar-refractivity contribution in [2.24, 2.45) is 17.2 Å². The molecule has 4 nitrogen and oxygen atoms in total. The first-order chi connectivity index (χ1) is 9.10. The minimum absolute atomic E-state index is 0.0476. The molecular weight excluding hydrogens is 238 g/mol. The summed E-state index contributed by atoms with van der Waals surface area (Å²) >= 11 is 0. The van der Waals surface area contributed by atoms with Crippen LogP contribution in [0.25, 0.3) is 0 Å². The molecule has 1 heterocycles. The number of hydrogen-bond donors (Lipinski definition) is 2. The molecule has 2 atom stereocenters. The summed E-state index contributed by atoms with van der Waals surface area (Å²) in [5, 5.41) is 0. The van der Waals surface area contributed by atoms with Crippen LogP contribution in [0.3, 0.4) is 0 Å². The van der Waals surface area contributed by atoms with Crippen molar-refractivity contribution in [2.45, 2.75) is 45.6 Å². The van der Waals surface area contributed by atoms with Crippen molar-refractivity contribution in [3.8, 4) is 5.75 Å². The van der Waals surface area contributed by atoms with E-state index >= 15 is 0 Å². The number of pyridine rings is 1. The monoisotopic (exact) mass is 263 g/mol. The highest BCUT2D eigenvalue weighted by atomic mass is 16.5. The van der Waals surface area contributed by atoms with E-state index in [-0.39, 0.29) is 11.5 Å². The Bertz CT molecular complexity index is 420. The Hall–Kier alpha value is -1.13. The van der Waals surface area contributed by atoms with Gasteiger partial charge in [-0.2, -0.15) is 0 Å². The van der Waals surface area contributed by atoms with Crippen molar-refractivity contribution in [2.75, 3.05) is 7.11 Å². The molecule has 0 amide bonds. The summed E-state index contributed by atoms with van der Waals surface area (Å²) in [5.74, 6) is 7.13. The van der Waals surface area contributed by atoms with Gasteiger partial charge in [-0.05, 0) is 36.3 Å². The van der Waals surface area contributed by atoms with E-state index in [1.165, 1.54) is 25.7 Å². The highest BCUT2D eigenvalue weighted by Gasteiger charge is 2.39. The Labute approximate surface area is 115 Å². The van der Waals surface area contributed by atoms with E-state index < -0.39 is 0 Å². The first-order valence-corrected chi connectivity index (χ1v) is 7.05. The van der Waals surface area contributed by atoms with Crippen molar-refractivity contribution in [3.05, 3.63) is 24.0 Å². The summed E-state index contributed by atoms with van der Waals surface area (Å²) in [5.41, 5.74) is 4.18. The number of hydrogen-bond acceptors (Lipinski definition) is 4. The third-order valence-electron chi connectivity index (χ3n) is 4.49. The Morgan fingerprint density at radius 3 is 2.89 bits per heavy atom. The molecule has 19 heavy (non-hydrogen) atoms. The van der Waals surface area contributed by atoms with Crippen LogP contribution in [0.4, 0.5) is 0 Å². The van der Waals surface area contributed by atoms with Gasteiger partial charge in [-0.15, -0.1) is 0 Å². The molecule has 0 saturated heterocycles. The Kier molecular flexibility index (Phi) is 4.42. The second kappa shape index (κ2) is 5.88. The molecule has 0 aromatic carbocycles. The van der Waals surface area contributed by atoms with Gasteiger partial charge < -0.3 is 4.74 Å². The van der Waals surface area contributed by atoms with Gasteiger partial charge in [0.05, 0.1) is 13.2 Å². The summed E-state index contributed by atoms with van der Waals surface area (Å²) in [4.78, 5) is 4.49. The van der Waals surface area contributed by atoms with Gasteiger partial charge >= 0.3 is 0 Å². The number of methoxy groups -OCH3 is 1. The van der Waals surface area contributed by atoms with Crippen LogP contribution in [-0.2, 0) is 0 Å². The van der Waals surface area contributed by atoms with Crippen molar-refractivity contribution >= 4 is 0 Å². The summed E-state index contributed by atoms with van der Waals surface area (Å²) in [7, 11) is 1.68. The number of ether oxygens (including phenoxy) is 1. The van der Waals surface area contributed by atoms with Gasteiger partial charge in [0.15, 0.2) is 0 Å². The van der Waals surface area contributed by atoms with E-state index in [9.17, 15) is 0 Å². The topological polar surface area (TPSA) is 60.2 Å². The summed E-state index contributed by atoms with van der Waals surface area (Å²) in [6.07, 6.45) is 6.80. The number of nitrogens with one attached hydrogen (secondary N) is 1. The molecule has 1 fully saturated rings. The Morgan fingerprint density at radius 2 is 2.26 bits per heavy atom. The molecular formula is C15H25N3O. The van der Waals surface area contributed by atoms with Gasteiger partial charge in [0.1, 0.15) is 11.4 Å². The SMILES string of the molecule is COc1cccnc1C(NN)C1CCCCC1(C)C. The fraction of sp³-hybridized carbons (Fsp3) is 0.667. The van der Waals surface area contributed by atoms with E-state index in [4.69, 9.17) is 10.6 Å². The quantitative estimate of drug-likeness (QED) is 0.648. The zero-order chi connectivity index (χ0) is 13.9. The van der Waals surface area contributed by atoms with Crippen LogP contribution in [0.1, 0.15) is 51.3 Å². The number of aromatic nitrogens is 1. The zero-order valence-electron chi connectivity index (χ0n) is 12.1. The lowest BCUT2D eigenvalue weighted by Gasteiger charge is -2.42. The minimum atomic E-state index is 0.0476. The molecule has 0 aliphatic heterocycles. The maximum absolute atomic E-state index is 5.83. The molecule has 0 spiro atoms. The van der Waals surface area contributed by atoms with Crippen LogP contribution in [0, 0.1) is 11.3 Å². The van der Waals surface area contributed by atoms with Crippen molar-refractivity contribution in [1.82, 2.24) is 10.4 Å². The smallest absolute Gasteiger partial charge is 0.142 e. The lowest BCUT2D eigenvalue weighted by atomic mass is 9.65. The predicted molar refractivity (Wildman–Crippen MR) is 76.6 cm³/mol. The van der Waals surface area contributed by atoms with Gasteiger partial charge in [0, 0.05) is 6.20 Å². The maximum atomic E-state index is 5.83. The highest BCUT2D eigenvalue weighted by Crippen LogP contribution is 2.47. The summed E-state index contributed by atoms with van der Waals surface area (Å²) < 4.78 is 5.43. The van der Waals surface area contributed by atoms with Crippen LogP contribution in [-0.4, -0.2) is 12.1 Å². The van der Waals surface area contributed by atoms with E-state index in [0.717, 1.165) is 11.4 Å². The first kappa shape index (κ1) is 14.3. The average Bonchev–Trinajstić information content (AvgIpc) is 2.41. The number of nitrogens with two attached hydrogens (primary N) is 1. The molecule has 1 saturated carbocycles. The van der Waals surface area contributed by atoms with E-state index in [0.29, 0.717) is 5.92 Å². The van der Waals surface area contributed by atoms with E-state index in [2.05, 4.69) is 24.3 Å². The van der Waals surface area contributed by atoms with E-state index in [1.807, 2.05) is 12.1 Å². The second-order valence-electron chi connectivity index (χ2n) is 6.08. The third-order valence-corrected chi connectivity index (χ3v) is 4.49. The normalized spacial score (nSPS) is 23.9. The molecule has 1 aliphatic rings. The van der Waals surface area contributed by atoms with Crippen LogP contribution in [0.5, 0.6) is 5.75 Å². The molecule has 3 N–H and O–H groups in total. The van der Waals surface area contributed by atoms with Crippen molar-refractivity contribution in [1.29, 1.82) is 0 Å². The first-order valence-electron chi connectivity index (χ1n) is 7.05. The number of hydrazine groups is 1. The lowest BCUT2D eigenvalue weighted by Crippen LogP contribution is -2.42. The molecule has 0 radical (unpaired) electrons. The Balaban J connectivity index is 2.33. The molecule has 2 unspecified atom stereocenters. The molecule has 1 aliphatic carbocycles. The van der Waals surface area contributed by atoms with Crippen LogP contribution in [0.15, 0.2) is 18.3 Å². The fourth-order valence-corrected chi connectivity index (χ4v) is 3.33. The van der Waals surface area contributed by atoms with Crippen LogP contribution >= 0.6 is 0 Å². The lowest BCUT2D eigenvalue weighted by molar-refractivity contribution is 0.0955. The molecule has 106 valence electrons. The standard InChI is InChI=1S/C15H25N3O/c1-15(2)9-5-4-7-11(15)13(18-16)14-12(19-3)8-6-10-17-14/h6,8,10-11,13,18H,4-5,7,9,16H2,1-3H3. The molecule has 2 rings (SSSR count). The fourth-order valence-electron chi connectivity index (χ4n) is 3.33. The molecule has 1 aromatic rings. The van der Waals surface area contributed by atoms with Crippen LogP contribution in [0.2, 0.25) is 0 Å². The predicted octanol–water partition coefficient (Wildman–Crippen LogP) is 2.81. The molecule has 1 aromatic heterocycles. The maximum Gasteiger partial charge on any atom is 0.142 e. The van der Waals surface area contributed by atoms with Crippen molar-refractivity contribution < 1.29 is 4.74 Å². The van der Waals surface area contributed by atoms with Gasteiger partial charge in [0.2, 0.25) is 0 Å². The average molecular weight is 263 g/mol. The Morgan fingerprint density at radius 1 is 1.47 bits per heavy atom. The van der Waals surface area contributed by atoms with Gasteiger partial charge in [0.25, 0.3) is 0 Å². The largest absolute Gasteiger partial charge is 0.495 e. The summed E-state index contributed by atoms with van der Waals surface area (Å²) in [6, 6.07) is 3.89. The number of nitrogens with zero attached hydrogens (tertiary/aromatic N) is 1. The van der Waals surface area contributed by atoms with Crippen LogP contribution < -0.4 is 16.0 Å². The van der Waals surface area contributed by atoms with Gasteiger partial charge in [-0.3, -0.25) is 16.3 Å². The van der Waals surface area contributed by atoms with Crippen molar-refractivity contribution in [3.63, 3.8) is 0 Å². The third kappa shape index (κ3) is 2.90. The zero-order valence-corrected chi connectivity index (χ0v) is 12.1.